The van der Waals surface area contributed by atoms with Crippen LogP contribution in [0.2, 0.25) is 0 Å². The first kappa shape index (κ1) is 21.0. The fourth-order valence-corrected chi connectivity index (χ4v) is 4.06. The molecule has 0 radical (unpaired) electrons. The van der Waals surface area contributed by atoms with Gasteiger partial charge in [-0.1, -0.05) is 30.3 Å². The molecule has 1 aliphatic rings. The fourth-order valence-electron chi connectivity index (χ4n) is 4.06. The highest BCUT2D eigenvalue weighted by Gasteiger charge is 2.17. The third-order valence-corrected chi connectivity index (χ3v) is 5.82. The summed E-state index contributed by atoms with van der Waals surface area (Å²) in [5.74, 6) is 2.10. The third kappa shape index (κ3) is 4.40. The number of phenolic OH excluding ortho intramolecular Hbond substituents is 1. The third-order valence-electron chi connectivity index (χ3n) is 5.82. The lowest BCUT2D eigenvalue weighted by Gasteiger charge is -2.33. The van der Waals surface area contributed by atoms with E-state index in [1.165, 1.54) is 12.1 Å². The molecule has 0 atom stereocenters. The van der Waals surface area contributed by atoms with Crippen LogP contribution in [-0.4, -0.2) is 48.2 Å². The molecule has 1 N–H and O–H groups in total. The van der Waals surface area contributed by atoms with E-state index in [4.69, 9.17) is 9.15 Å². The van der Waals surface area contributed by atoms with E-state index in [0.29, 0.717) is 17.3 Å². The molecule has 0 aliphatic carbocycles. The van der Waals surface area contributed by atoms with E-state index in [0.717, 1.165) is 43.3 Å². The zero-order valence-corrected chi connectivity index (χ0v) is 18.6. The molecule has 3 heterocycles. The molecule has 0 amide bonds. The first-order chi connectivity index (χ1) is 16.0. The van der Waals surface area contributed by atoms with Crippen LogP contribution in [0.5, 0.6) is 17.2 Å². The van der Waals surface area contributed by atoms with Gasteiger partial charge >= 0.3 is 0 Å². The van der Waals surface area contributed by atoms with E-state index in [2.05, 4.69) is 21.8 Å². The molecular weight excluding hydrogens is 418 g/mol. The standard InChI is InChI=1S/C26H25N3O4/c1-17-12-19(15-25(27-17)29-10-8-28(2)9-11-29)32-20-13-21(30)26-22(31)16-23(33-24(26)14-20)18-6-4-3-5-7-18/h3-7,12-16,30H,8-11H2,1-2H3. The number of piperazine rings is 1. The summed E-state index contributed by atoms with van der Waals surface area (Å²) in [7, 11) is 2.11. The van der Waals surface area contributed by atoms with E-state index >= 15 is 0 Å². The van der Waals surface area contributed by atoms with Crippen LogP contribution >= 0.6 is 0 Å². The topological polar surface area (TPSA) is 79.0 Å². The number of hydrogen-bond acceptors (Lipinski definition) is 7. The van der Waals surface area contributed by atoms with Crippen molar-refractivity contribution < 1.29 is 14.3 Å². The molecule has 1 saturated heterocycles. The van der Waals surface area contributed by atoms with Crippen LogP contribution in [0.25, 0.3) is 22.3 Å². The van der Waals surface area contributed by atoms with Gasteiger partial charge in [-0.2, -0.15) is 0 Å². The van der Waals surface area contributed by atoms with E-state index in [-0.39, 0.29) is 22.1 Å². The number of phenols is 1. The maximum absolute atomic E-state index is 12.7. The molecule has 4 aromatic rings. The minimum atomic E-state index is -0.309. The average molecular weight is 444 g/mol. The summed E-state index contributed by atoms with van der Waals surface area (Å²) in [5.41, 5.74) is 1.57. The molecule has 7 heteroatoms. The normalized spacial score (nSPS) is 14.5. The van der Waals surface area contributed by atoms with Crippen molar-refractivity contribution in [2.24, 2.45) is 0 Å². The van der Waals surface area contributed by atoms with Crippen LogP contribution < -0.4 is 15.1 Å². The summed E-state index contributed by atoms with van der Waals surface area (Å²) < 4.78 is 12.1. The van der Waals surface area contributed by atoms with Gasteiger partial charge in [-0.3, -0.25) is 4.79 Å². The maximum Gasteiger partial charge on any atom is 0.197 e. The smallest absolute Gasteiger partial charge is 0.197 e. The number of anilines is 1. The van der Waals surface area contributed by atoms with Gasteiger partial charge in [-0.25, -0.2) is 4.98 Å². The lowest BCUT2D eigenvalue weighted by Crippen LogP contribution is -2.44. The Labute approximate surface area is 191 Å². The van der Waals surface area contributed by atoms with Crippen LogP contribution in [-0.2, 0) is 0 Å². The first-order valence-electron chi connectivity index (χ1n) is 10.9. The lowest BCUT2D eigenvalue weighted by atomic mass is 10.1. The molecule has 1 aliphatic heterocycles. The van der Waals surface area contributed by atoms with Gasteiger partial charge in [-0.05, 0) is 14.0 Å². The van der Waals surface area contributed by atoms with Crippen molar-refractivity contribution in [2.45, 2.75) is 6.92 Å². The highest BCUT2D eigenvalue weighted by atomic mass is 16.5. The highest BCUT2D eigenvalue weighted by molar-refractivity contribution is 5.86. The first-order valence-corrected chi connectivity index (χ1v) is 10.9. The van der Waals surface area contributed by atoms with E-state index < -0.39 is 0 Å². The minimum Gasteiger partial charge on any atom is -0.507 e. The van der Waals surface area contributed by atoms with Crippen LogP contribution in [0.3, 0.4) is 0 Å². The van der Waals surface area contributed by atoms with E-state index in [1.807, 2.05) is 49.4 Å². The number of aryl methyl sites for hydroxylation is 1. The lowest BCUT2D eigenvalue weighted by molar-refractivity contribution is 0.312. The summed E-state index contributed by atoms with van der Waals surface area (Å²) in [6.07, 6.45) is 0. The van der Waals surface area contributed by atoms with Crippen LogP contribution in [0, 0.1) is 6.92 Å². The fraction of sp³-hybridized carbons (Fsp3) is 0.231. The number of benzene rings is 2. The molecule has 1 fully saturated rings. The number of aromatic nitrogens is 1. The number of fused-ring (bicyclic) bond motifs is 1. The second-order valence-electron chi connectivity index (χ2n) is 8.35. The molecule has 2 aromatic carbocycles. The minimum absolute atomic E-state index is 0.131. The summed E-state index contributed by atoms with van der Waals surface area (Å²) in [4.78, 5) is 21.9. The highest BCUT2D eigenvalue weighted by Crippen LogP contribution is 2.34. The van der Waals surface area contributed by atoms with Crippen LogP contribution in [0.15, 0.2) is 69.9 Å². The summed E-state index contributed by atoms with van der Waals surface area (Å²) in [5, 5.41) is 10.7. The number of nitrogens with zero attached hydrogens (tertiary/aromatic N) is 3. The van der Waals surface area contributed by atoms with Crippen molar-refractivity contribution in [1.82, 2.24) is 9.88 Å². The Kier molecular flexibility index (Phi) is 5.48. The van der Waals surface area contributed by atoms with Crippen LogP contribution in [0.1, 0.15) is 5.69 Å². The van der Waals surface area contributed by atoms with Crippen molar-refractivity contribution in [3.8, 4) is 28.6 Å². The van der Waals surface area contributed by atoms with Gasteiger partial charge < -0.3 is 24.1 Å². The van der Waals surface area contributed by atoms with Crippen molar-refractivity contribution in [3.05, 3.63) is 76.6 Å². The molecule has 7 nitrogen and oxygen atoms in total. The van der Waals surface area contributed by atoms with Gasteiger partial charge in [0.1, 0.15) is 39.8 Å². The zero-order chi connectivity index (χ0) is 22.9. The second kappa shape index (κ2) is 8.60. The van der Waals surface area contributed by atoms with E-state index in [9.17, 15) is 9.90 Å². The van der Waals surface area contributed by atoms with Crippen molar-refractivity contribution in [1.29, 1.82) is 0 Å². The Morgan fingerprint density at radius 2 is 1.70 bits per heavy atom. The predicted octanol–water partition coefficient (Wildman–Crippen LogP) is 4.41. The van der Waals surface area contributed by atoms with E-state index in [1.54, 1.807) is 6.07 Å². The Bertz CT molecular complexity index is 1360. The molecule has 5 rings (SSSR count). The molecule has 0 saturated carbocycles. The van der Waals surface area contributed by atoms with Crippen molar-refractivity contribution in [3.63, 3.8) is 0 Å². The molecule has 168 valence electrons. The molecule has 2 aromatic heterocycles. The number of likely N-dealkylation sites (N-methyl/N-ethyl adjacent to an activating group) is 1. The van der Waals surface area contributed by atoms with Gasteiger partial charge in [0, 0.05) is 67.8 Å². The van der Waals surface area contributed by atoms with Crippen LogP contribution in [0.4, 0.5) is 5.82 Å². The number of rotatable bonds is 4. The Hall–Kier alpha value is -3.84. The molecule has 0 bridgehead atoms. The van der Waals surface area contributed by atoms with Gasteiger partial charge in [0.05, 0.1) is 0 Å². The SMILES string of the molecule is Cc1cc(Oc2cc(O)c3c(=O)cc(-c4ccccc4)oc3c2)cc(N2CCN(C)CC2)n1. The second-order valence-corrected chi connectivity index (χ2v) is 8.35. The number of aromatic hydroxyl groups is 1. The summed E-state index contributed by atoms with van der Waals surface area (Å²) in [6.45, 7) is 5.68. The molecule has 0 unspecified atom stereocenters. The molecular formula is C26H25N3O4. The van der Waals surface area contributed by atoms with Crippen molar-refractivity contribution >= 4 is 16.8 Å². The maximum atomic E-state index is 12.7. The van der Waals surface area contributed by atoms with Gasteiger partial charge in [-0.15, -0.1) is 0 Å². The van der Waals surface area contributed by atoms with Gasteiger partial charge in [0.25, 0.3) is 0 Å². The Morgan fingerprint density at radius 3 is 2.45 bits per heavy atom. The Balaban J connectivity index is 1.50. The monoisotopic (exact) mass is 443 g/mol. The molecule has 33 heavy (non-hydrogen) atoms. The average Bonchev–Trinajstić information content (AvgIpc) is 2.79. The quantitative estimate of drug-likeness (QED) is 0.500. The Morgan fingerprint density at radius 1 is 0.970 bits per heavy atom. The van der Waals surface area contributed by atoms with Crippen molar-refractivity contribution in [2.75, 3.05) is 38.1 Å². The number of pyridine rings is 1. The zero-order valence-electron chi connectivity index (χ0n) is 18.6. The summed E-state index contributed by atoms with van der Waals surface area (Å²) >= 11 is 0. The number of ether oxygens (including phenoxy) is 1. The number of hydrogen-bond donors (Lipinski definition) is 1. The predicted molar refractivity (Wildman–Crippen MR) is 128 cm³/mol. The largest absolute Gasteiger partial charge is 0.507 e. The van der Waals surface area contributed by atoms with Gasteiger partial charge in [0.2, 0.25) is 0 Å². The van der Waals surface area contributed by atoms with Gasteiger partial charge in [0.15, 0.2) is 5.43 Å². The summed E-state index contributed by atoms with van der Waals surface area (Å²) in [6, 6.07) is 17.6. The molecule has 0 spiro atoms.